The number of ether oxygens (including phenoxy) is 1. The maximum Gasteiger partial charge on any atom is 0.119 e. The Kier molecular flexibility index (Phi) is 4.43. The van der Waals surface area contributed by atoms with Gasteiger partial charge in [0.05, 0.1) is 13.2 Å². The van der Waals surface area contributed by atoms with E-state index < -0.39 is 0 Å². The molecule has 0 spiro atoms. The standard InChI is InChI=1S/C14H16BrNOS/c1-9-11(6-7-18-9)14(16-2)12-8-10(17-3)4-5-13(12)15/h4-8,14,16H,1-3H3. The fourth-order valence-electron chi connectivity index (χ4n) is 2.04. The van der Waals surface area contributed by atoms with Gasteiger partial charge in [-0.3, -0.25) is 0 Å². The summed E-state index contributed by atoms with van der Waals surface area (Å²) in [5, 5.41) is 5.50. The Morgan fingerprint density at radius 2 is 2.06 bits per heavy atom. The Morgan fingerprint density at radius 1 is 1.28 bits per heavy atom. The van der Waals surface area contributed by atoms with Crippen molar-refractivity contribution >= 4 is 27.3 Å². The highest BCUT2D eigenvalue weighted by molar-refractivity contribution is 9.10. The van der Waals surface area contributed by atoms with Crippen molar-refractivity contribution in [3.8, 4) is 5.75 Å². The van der Waals surface area contributed by atoms with Gasteiger partial charge in [0.15, 0.2) is 0 Å². The van der Waals surface area contributed by atoms with Gasteiger partial charge >= 0.3 is 0 Å². The Balaban J connectivity index is 2.48. The summed E-state index contributed by atoms with van der Waals surface area (Å²) in [7, 11) is 3.67. The zero-order chi connectivity index (χ0) is 13.1. The van der Waals surface area contributed by atoms with Crippen molar-refractivity contribution in [2.45, 2.75) is 13.0 Å². The third-order valence-corrected chi connectivity index (χ3v) is 4.60. The molecule has 0 bridgehead atoms. The van der Waals surface area contributed by atoms with Crippen molar-refractivity contribution < 1.29 is 4.74 Å². The van der Waals surface area contributed by atoms with E-state index >= 15 is 0 Å². The van der Waals surface area contributed by atoms with Gasteiger partial charge in [0, 0.05) is 9.35 Å². The third kappa shape index (κ3) is 2.60. The molecule has 2 rings (SSSR count). The molecule has 0 saturated heterocycles. The highest BCUT2D eigenvalue weighted by Gasteiger charge is 2.18. The van der Waals surface area contributed by atoms with Crippen LogP contribution in [-0.4, -0.2) is 14.2 Å². The largest absolute Gasteiger partial charge is 0.497 e. The number of thiophene rings is 1. The molecular formula is C14H16BrNOS. The number of halogens is 1. The first-order chi connectivity index (χ1) is 8.67. The van der Waals surface area contributed by atoms with Crippen LogP contribution in [0.5, 0.6) is 5.75 Å². The van der Waals surface area contributed by atoms with Crippen molar-refractivity contribution in [1.29, 1.82) is 0 Å². The fraction of sp³-hybridized carbons (Fsp3) is 0.286. The number of aryl methyl sites for hydroxylation is 1. The van der Waals surface area contributed by atoms with Crippen LogP contribution in [0.15, 0.2) is 34.1 Å². The maximum atomic E-state index is 5.31. The summed E-state index contributed by atoms with van der Waals surface area (Å²) in [6.07, 6.45) is 0. The second kappa shape index (κ2) is 5.87. The minimum Gasteiger partial charge on any atom is -0.497 e. The maximum absolute atomic E-state index is 5.31. The van der Waals surface area contributed by atoms with E-state index in [9.17, 15) is 0 Å². The van der Waals surface area contributed by atoms with Crippen LogP contribution in [0.25, 0.3) is 0 Å². The normalized spacial score (nSPS) is 12.4. The smallest absolute Gasteiger partial charge is 0.119 e. The van der Waals surface area contributed by atoms with E-state index in [4.69, 9.17) is 4.74 Å². The predicted molar refractivity (Wildman–Crippen MR) is 80.7 cm³/mol. The molecule has 1 heterocycles. The van der Waals surface area contributed by atoms with Crippen LogP contribution in [0, 0.1) is 6.92 Å². The average molecular weight is 326 g/mol. The van der Waals surface area contributed by atoms with E-state index in [-0.39, 0.29) is 6.04 Å². The molecule has 0 amide bonds. The summed E-state index contributed by atoms with van der Waals surface area (Å²) in [6.45, 7) is 2.15. The molecule has 2 nitrogen and oxygen atoms in total. The second-order valence-electron chi connectivity index (χ2n) is 4.04. The van der Waals surface area contributed by atoms with Crippen molar-refractivity contribution in [3.63, 3.8) is 0 Å². The van der Waals surface area contributed by atoms with Crippen LogP contribution < -0.4 is 10.1 Å². The summed E-state index contributed by atoms with van der Waals surface area (Å²) in [5.41, 5.74) is 2.51. The first kappa shape index (κ1) is 13.6. The molecule has 1 aromatic heterocycles. The lowest BCUT2D eigenvalue weighted by Gasteiger charge is -2.19. The van der Waals surface area contributed by atoms with Crippen LogP contribution in [0.4, 0.5) is 0 Å². The molecule has 96 valence electrons. The summed E-state index contributed by atoms with van der Waals surface area (Å²) in [5.74, 6) is 0.876. The zero-order valence-corrected chi connectivity index (χ0v) is 13.1. The quantitative estimate of drug-likeness (QED) is 0.912. The molecule has 4 heteroatoms. The number of hydrogen-bond donors (Lipinski definition) is 1. The van der Waals surface area contributed by atoms with Crippen LogP contribution >= 0.6 is 27.3 Å². The highest BCUT2D eigenvalue weighted by atomic mass is 79.9. The minimum atomic E-state index is 0.181. The van der Waals surface area contributed by atoms with Crippen LogP contribution in [0.1, 0.15) is 22.0 Å². The van der Waals surface area contributed by atoms with Crippen LogP contribution in [0.3, 0.4) is 0 Å². The van der Waals surface area contributed by atoms with Gasteiger partial charge in [-0.1, -0.05) is 15.9 Å². The fourth-order valence-corrected chi connectivity index (χ4v) is 3.26. The predicted octanol–water partition coefficient (Wildman–Crippen LogP) is 4.14. The first-order valence-corrected chi connectivity index (χ1v) is 7.39. The molecule has 0 aliphatic carbocycles. The molecule has 2 aromatic rings. The molecule has 0 saturated carbocycles. The van der Waals surface area contributed by atoms with Crippen molar-refractivity contribution in [3.05, 3.63) is 50.1 Å². The van der Waals surface area contributed by atoms with Crippen molar-refractivity contribution in [2.75, 3.05) is 14.2 Å². The average Bonchev–Trinajstić information content (AvgIpc) is 2.79. The van der Waals surface area contributed by atoms with Gasteiger partial charge in [-0.25, -0.2) is 0 Å². The summed E-state index contributed by atoms with van der Waals surface area (Å²) in [4.78, 5) is 1.34. The van der Waals surface area contributed by atoms with Gasteiger partial charge < -0.3 is 10.1 Å². The van der Waals surface area contributed by atoms with E-state index in [1.807, 2.05) is 19.2 Å². The summed E-state index contributed by atoms with van der Waals surface area (Å²) >= 11 is 5.39. The number of hydrogen-bond acceptors (Lipinski definition) is 3. The van der Waals surface area contributed by atoms with E-state index in [2.05, 4.69) is 45.7 Å². The molecular weight excluding hydrogens is 310 g/mol. The van der Waals surface area contributed by atoms with Gasteiger partial charge in [-0.2, -0.15) is 0 Å². The molecule has 1 atom stereocenters. The van der Waals surface area contributed by atoms with Gasteiger partial charge in [-0.05, 0) is 54.7 Å². The Bertz CT molecular complexity index is 538. The van der Waals surface area contributed by atoms with Gasteiger partial charge in [0.2, 0.25) is 0 Å². The molecule has 18 heavy (non-hydrogen) atoms. The Labute approximate surface area is 120 Å². The number of benzene rings is 1. The Hall–Kier alpha value is -0.840. The number of nitrogens with one attached hydrogen (secondary N) is 1. The highest BCUT2D eigenvalue weighted by Crippen LogP contribution is 2.34. The summed E-state index contributed by atoms with van der Waals surface area (Å²) in [6, 6.07) is 8.41. The van der Waals surface area contributed by atoms with E-state index in [1.165, 1.54) is 16.0 Å². The SMILES string of the molecule is CNC(c1cc(OC)ccc1Br)c1ccsc1C. The van der Waals surface area contributed by atoms with Gasteiger partial charge in [0.1, 0.15) is 5.75 Å². The summed E-state index contributed by atoms with van der Waals surface area (Å²) < 4.78 is 6.40. The Morgan fingerprint density at radius 3 is 2.61 bits per heavy atom. The van der Waals surface area contributed by atoms with Crippen LogP contribution in [-0.2, 0) is 0 Å². The lowest BCUT2D eigenvalue weighted by atomic mass is 9.99. The molecule has 0 aliphatic heterocycles. The van der Waals surface area contributed by atoms with Gasteiger partial charge in [-0.15, -0.1) is 11.3 Å². The molecule has 1 N–H and O–H groups in total. The topological polar surface area (TPSA) is 21.3 Å². The number of rotatable bonds is 4. The van der Waals surface area contributed by atoms with Gasteiger partial charge in [0.25, 0.3) is 0 Å². The molecule has 0 aliphatic rings. The lowest BCUT2D eigenvalue weighted by molar-refractivity contribution is 0.413. The first-order valence-electron chi connectivity index (χ1n) is 5.72. The zero-order valence-electron chi connectivity index (χ0n) is 10.7. The van der Waals surface area contributed by atoms with Crippen LogP contribution in [0.2, 0.25) is 0 Å². The third-order valence-electron chi connectivity index (χ3n) is 3.01. The van der Waals surface area contributed by atoms with E-state index in [1.54, 1.807) is 18.4 Å². The molecule has 0 radical (unpaired) electrons. The van der Waals surface area contributed by atoms with E-state index in [0.29, 0.717) is 0 Å². The minimum absolute atomic E-state index is 0.181. The monoisotopic (exact) mass is 325 g/mol. The molecule has 1 aromatic carbocycles. The number of methoxy groups -OCH3 is 1. The lowest BCUT2D eigenvalue weighted by Crippen LogP contribution is -2.18. The second-order valence-corrected chi connectivity index (χ2v) is 6.02. The van der Waals surface area contributed by atoms with E-state index in [0.717, 1.165) is 10.2 Å². The molecule has 1 unspecified atom stereocenters. The van der Waals surface area contributed by atoms with Crippen molar-refractivity contribution in [2.24, 2.45) is 0 Å². The molecule has 0 fully saturated rings. The van der Waals surface area contributed by atoms with Crippen molar-refractivity contribution in [1.82, 2.24) is 5.32 Å².